The van der Waals surface area contributed by atoms with Crippen LogP contribution in [0.2, 0.25) is 0 Å². The van der Waals surface area contributed by atoms with E-state index in [2.05, 4.69) is 5.32 Å². The van der Waals surface area contributed by atoms with Gasteiger partial charge < -0.3 is 11.1 Å². The van der Waals surface area contributed by atoms with Crippen LogP contribution < -0.4 is 11.1 Å². The number of nitriles is 1. The third-order valence-electron chi connectivity index (χ3n) is 3.76. The quantitative estimate of drug-likeness (QED) is 0.838. The second-order valence-corrected chi connectivity index (χ2v) is 5.24. The molecule has 1 amide bonds. The molecule has 21 heavy (non-hydrogen) atoms. The second-order valence-electron chi connectivity index (χ2n) is 5.24. The predicted molar refractivity (Wildman–Crippen MR) is 76.6 cm³/mol. The highest BCUT2D eigenvalue weighted by atomic mass is 19.1. The number of nitrogens with one attached hydrogen (secondary N) is 1. The summed E-state index contributed by atoms with van der Waals surface area (Å²) in [5.74, 6) is -0.936. The minimum atomic E-state index is -0.511. The maximum atomic E-state index is 14.2. The lowest BCUT2D eigenvalue weighted by molar-refractivity contribution is -0.120. The van der Waals surface area contributed by atoms with Crippen LogP contribution in [0.4, 0.5) is 4.39 Å². The number of benzene rings is 1. The maximum Gasteiger partial charge on any atom is 0.231 e. The van der Waals surface area contributed by atoms with E-state index in [1.54, 1.807) is 12.1 Å². The Morgan fingerprint density at radius 3 is 2.81 bits per heavy atom. The number of carbonyl (C=O) groups excluding carboxylic acids is 1. The summed E-state index contributed by atoms with van der Waals surface area (Å²) in [4.78, 5) is 13.2. The van der Waals surface area contributed by atoms with Crippen molar-refractivity contribution in [2.45, 2.75) is 25.4 Å². The fourth-order valence-electron chi connectivity index (χ4n) is 2.69. The highest BCUT2D eigenvalue weighted by Gasteiger charge is 2.23. The van der Waals surface area contributed by atoms with E-state index in [0.29, 0.717) is 5.56 Å². The normalized spacial score (nSPS) is 15.9. The summed E-state index contributed by atoms with van der Waals surface area (Å²) in [6.07, 6.45) is 1.79. The van der Waals surface area contributed by atoms with Gasteiger partial charge in [0.2, 0.25) is 5.91 Å². The smallest absolute Gasteiger partial charge is 0.231 e. The molecule has 1 fully saturated rings. The van der Waals surface area contributed by atoms with E-state index in [1.807, 2.05) is 11.0 Å². The number of rotatable bonds is 5. The number of nitrogens with zero attached hydrogens (tertiary/aromatic N) is 2. The highest BCUT2D eigenvalue weighted by molar-refractivity contribution is 5.76. The Bertz CT molecular complexity index is 549. The summed E-state index contributed by atoms with van der Waals surface area (Å²) in [6.45, 7) is 2.14. The van der Waals surface area contributed by atoms with Gasteiger partial charge in [-0.05, 0) is 32.0 Å². The summed E-state index contributed by atoms with van der Waals surface area (Å²) in [6, 6.07) is 6.78. The minimum absolute atomic E-state index is 0.0248. The molecule has 0 atom stereocenters. The van der Waals surface area contributed by atoms with Crippen molar-refractivity contribution in [1.29, 1.82) is 5.26 Å². The summed E-state index contributed by atoms with van der Waals surface area (Å²) < 4.78 is 14.2. The average molecular weight is 290 g/mol. The van der Waals surface area contributed by atoms with E-state index in [-0.39, 0.29) is 24.7 Å². The molecule has 1 aromatic rings. The van der Waals surface area contributed by atoms with Crippen molar-refractivity contribution in [3.8, 4) is 6.07 Å². The summed E-state index contributed by atoms with van der Waals surface area (Å²) in [7, 11) is 0. The van der Waals surface area contributed by atoms with Crippen LogP contribution in [0.25, 0.3) is 0 Å². The van der Waals surface area contributed by atoms with Crippen LogP contribution in [0, 0.1) is 17.1 Å². The van der Waals surface area contributed by atoms with Crippen LogP contribution in [0.1, 0.15) is 24.0 Å². The monoisotopic (exact) mass is 290 g/mol. The molecule has 0 aromatic heterocycles. The number of piperidine rings is 1. The summed E-state index contributed by atoms with van der Waals surface area (Å²) >= 11 is 0. The molecule has 0 unspecified atom stereocenters. The van der Waals surface area contributed by atoms with Crippen LogP contribution in [-0.2, 0) is 11.3 Å². The molecular weight excluding hydrogens is 271 g/mol. The van der Waals surface area contributed by atoms with Crippen molar-refractivity contribution in [1.82, 2.24) is 10.2 Å². The zero-order valence-electron chi connectivity index (χ0n) is 11.8. The number of hydrogen-bond acceptors (Lipinski definition) is 4. The Kier molecular flexibility index (Phi) is 5.26. The van der Waals surface area contributed by atoms with Crippen LogP contribution in [0.5, 0.6) is 0 Å². The van der Waals surface area contributed by atoms with Gasteiger partial charge in [-0.2, -0.15) is 5.26 Å². The molecule has 0 spiro atoms. The zero-order chi connectivity index (χ0) is 15.2. The van der Waals surface area contributed by atoms with E-state index in [4.69, 9.17) is 11.0 Å². The molecule has 1 aromatic carbocycles. The van der Waals surface area contributed by atoms with Gasteiger partial charge in [-0.25, -0.2) is 4.39 Å². The van der Waals surface area contributed by atoms with E-state index in [1.165, 1.54) is 6.07 Å². The van der Waals surface area contributed by atoms with Crippen LogP contribution in [0.15, 0.2) is 18.2 Å². The van der Waals surface area contributed by atoms with Crippen molar-refractivity contribution in [3.05, 3.63) is 35.1 Å². The number of primary amides is 1. The first-order valence-corrected chi connectivity index (χ1v) is 7.02. The molecule has 1 saturated heterocycles. The van der Waals surface area contributed by atoms with Gasteiger partial charge in [-0.3, -0.25) is 9.69 Å². The minimum Gasteiger partial charge on any atom is -0.369 e. The molecule has 1 aliphatic heterocycles. The number of hydrogen-bond donors (Lipinski definition) is 2. The Morgan fingerprint density at radius 2 is 2.19 bits per heavy atom. The lowest BCUT2D eigenvalue weighted by Gasteiger charge is -2.34. The zero-order valence-corrected chi connectivity index (χ0v) is 11.8. The Balaban J connectivity index is 2.18. The first-order chi connectivity index (χ1) is 10.1. The first kappa shape index (κ1) is 15.4. The van der Waals surface area contributed by atoms with Crippen LogP contribution in [0.3, 0.4) is 0 Å². The molecule has 0 radical (unpaired) electrons. The second kappa shape index (κ2) is 7.16. The van der Waals surface area contributed by atoms with E-state index >= 15 is 0 Å². The standard InChI is InChI=1S/C15H19FN4O/c16-15-11(8-17)2-1-3-12(15)9-20(10-14(18)21)13-4-6-19-7-5-13/h1-3,13,19H,4-7,9-10H2,(H2,18,21). The topological polar surface area (TPSA) is 82.2 Å². The van der Waals surface area contributed by atoms with Crippen molar-refractivity contribution in [2.24, 2.45) is 5.73 Å². The first-order valence-electron chi connectivity index (χ1n) is 7.02. The van der Waals surface area contributed by atoms with E-state index in [9.17, 15) is 9.18 Å². The van der Waals surface area contributed by atoms with Crippen molar-refractivity contribution < 1.29 is 9.18 Å². The number of carbonyl (C=O) groups is 1. The van der Waals surface area contributed by atoms with Crippen molar-refractivity contribution >= 4 is 5.91 Å². The Labute approximate surface area is 123 Å². The number of nitrogens with two attached hydrogens (primary N) is 1. The molecule has 3 N–H and O–H groups in total. The Morgan fingerprint density at radius 1 is 1.48 bits per heavy atom. The largest absolute Gasteiger partial charge is 0.369 e. The van der Waals surface area contributed by atoms with Gasteiger partial charge in [0.15, 0.2) is 0 Å². The van der Waals surface area contributed by atoms with Gasteiger partial charge >= 0.3 is 0 Å². The third kappa shape index (κ3) is 4.00. The third-order valence-corrected chi connectivity index (χ3v) is 3.76. The summed E-state index contributed by atoms with van der Waals surface area (Å²) in [5, 5.41) is 12.1. The van der Waals surface area contributed by atoms with Gasteiger partial charge in [0, 0.05) is 18.2 Å². The Hall–Kier alpha value is -1.97. The van der Waals surface area contributed by atoms with E-state index < -0.39 is 11.7 Å². The molecule has 0 aliphatic carbocycles. The number of halogens is 1. The van der Waals surface area contributed by atoms with Gasteiger partial charge in [-0.15, -0.1) is 0 Å². The molecular formula is C15H19FN4O. The van der Waals surface area contributed by atoms with Gasteiger partial charge in [0.1, 0.15) is 11.9 Å². The molecule has 1 aliphatic rings. The molecule has 2 rings (SSSR count). The van der Waals surface area contributed by atoms with E-state index in [0.717, 1.165) is 25.9 Å². The molecule has 5 nitrogen and oxygen atoms in total. The van der Waals surface area contributed by atoms with Gasteiger partial charge in [-0.1, -0.05) is 12.1 Å². The average Bonchev–Trinajstić information content (AvgIpc) is 2.49. The van der Waals surface area contributed by atoms with Crippen LogP contribution in [-0.4, -0.2) is 36.5 Å². The van der Waals surface area contributed by atoms with Crippen molar-refractivity contribution in [3.63, 3.8) is 0 Å². The van der Waals surface area contributed by atoms with Crippen molar-refractivity contribution in [2.75, 3.05) is 19.6 Å². The molecule has 112 valence electrons. The predicted octanol–water partition coefficient (Wildman–Crippen LogP) is 0.737. The van der Waals surface area contributed by atoms with Crippen LogP contribution >= 0.6 is 0 Å². The molecule has 0 saturated carbocycles. The maximum absolute atomic E-state index is 14.2. The highest BCUT2D eigenvalue weighted by Crippen LogP contribution is 2.19. The lowest BCUT2D eigenvalue weighted by atomic mass is 10.0. The SMILES string of the molecule is N#Cc1cccc(CN(CC(N)=O)C2CCNCC2)c1F. The van der Waals surface area contributed by atoms with Gasteiger partial charge in [0.05, 0.1) is 12.1 Å². The lowest BCUT2D eigenvalue weighted by Crippen LogP contribution is -2.46. The fraction of sp³-hybridized carbons (Fsp3) is 0.467. The summed E-state index contributed by atoms with van der Waals surface area (Å²) in [5.41, 5.74) is 5.76. The molecule has 6 heteroatoms. The van der Waals surface area contributed by atoms with Gasteiger partial charge in [0.25, 0.3) is 0 Å². The molecule has 1 heterocycles. The fourth-order valence-corrected chi connectivity index (χ4v) is 2.69. The molecule has 0 bridgehead atoms. The number of amides is 1.